The molecule has 3 aliphatic rings. The van der Waals surface area contributed by atoms with Gasteiger partial charge in [-0.1, -0.05) is 6.07 Å². The van der Waals surface area contributed by atoms with Crippen LogP contribution in [-0.4, -0.2) is 41.7 Å². The van der Waals surface area contributed by atoms with Crippen LogP contribution in [-0.2, 0) is 0 Å². The lowest BCUT2D eigenvalue weighted by Gasteiger charge is -2.45. The minimum Gasteiger partial charge on any atom is -0.478 e. The molecule has 19 heavy (non-hydrogen) atoms. The Bertz CT molecular complexity index is 493. The van der Waals surface area contributed by atoms with E-state index < -0.39 is 5.97 Å². The molecule has 1 atom stereocenters. The summed E-state index contributed by atoms with van der Waals surface area (Å²) in [6.45, 7) is 5.55. The molecule has 4 heteroatoms. The van der Waals surface area contributed by atoms with Gasteiger partial charge in [0, 0.05) is 18.3 Å². The van der Waals surface area contributed by atoms with E-state index in [0.29, 0.717) is 11.6 Å². The first-order valence-electron chi connectivity index (χ1n) is 6.96. The molecule has 102 valence electrons. The van der Waals surface area contributed by atoms with Gasteiger partial charge in [0.2, 0.25) is 0 Å². The highest BCUT2D eigenvalue weighted by molar-refractivity contribution is 5.89. The van der Waals surface area contributed by atoms with Crippen molar-refractivity contribution in [2.45, 2.75) is 25.8 Å². The summed E-state index contributed by atoms with van der Waals surface area (Å²) in [6.07, 6.45) is 2.52. The Balaban J connectivity index is 1.79. The Morgan fingerprint density at radius 2 is 2.11 bits per heavy atom. The molecular weight excluding hydrogens is 240 g/mol. The zero-order valence-electron chi connectivity index (χ0n) is 11.2. The third-order valence-corrected chi connectivity index (χ3v) is 4.48. The average molecular weight is 260 g/mol. The molecule has 3 saturated heterocycles. The Hall–Kier alpha value is -1.55. The van der Waals surface area contributed by atoms with Crippen LogP contribution in [0.25, 0.3) is 0 Å². The van der Waals surface area contributed by atoms with Gasteiger partial charge in [-0.25, -0.2) is 4.79 Å². The fraction of sp³-hybridized carbons (Fsp3) is 0.533. The average Bonchev–Trinajstić information content (AvgIpc) is 2.42. The van der Waals surface area contributed by atoms with Gasteiger partial charge in [-0.15, -0.1) is 0 Å². The van der Waals surface area contributed by atoms with E-state index in [1.54, 1.807) is 12.1 Å². The largest absolute Gasteiger partial charge is 0.478 e. The van der Waals surface area contributed by atoms with Crippen LogP contribution in [0.4, 0.5) is 5.69 Å². The van der Waals surface area contributed by atoms with E-state index in [2.05, 4.69) is 10.2 Å². The highest BCUT2D eigenvalue weighted by Crippen LogP contribution is 2.30. The number of rotatable bonds is 3. The lowest BCUT2D eigenvalue weighted by Crippen LogP contribution is -2.53. The molecule has 0 radical (unpaired) electrons. The molecule has 3 heterocycles. The molecule has 1 aromatic rings. The first kappa shape index (κ1) is 12.5. The molecular formula is C15H20N2O2. The predicted molar refractivity (Wildman–Crippen MR) is 74.7 cm³/mol. The number of aromatic carboxylic acids is 1. The van der Waals surface area contributed by atoms with Gasteiger partial charge in [0.1, 0.15) is 0 Å². The maximum atomic E-state index is 11.0. The Labute approximate surface area is 113 Å². The van der Waals surface area contributed by atoms with Gasteiger partial charge >= 0.3 is 5.97 Å². The van der Waals surface area contributed by atoms with E-state index in [1.165, 1.54) is 25.9 Å². The predicted octanol–water partition coefficient (Wildman–Crippen LogP) is 2.20. The van der Waals surface area contributed by atoms with Crippen LogP contribution in [0, 0.1) is 12.8 Å². The topological polar surface area (TPSA) is 52.6 Å². The molecule has 3 fully saturated rings. The summed E-state index contributed by atoms with van der Waals surface area (Å²) >= 11 is 0. The molecule has 0 amide bonds. The van der Waals surface area contributed by atoms with Gasteiger partial charge in [-0.2, -0.15) is 0 Å². The molecule has 1 aromatic carbocycles. The molecule has 0 aromatic heterocycles. The van der Waals surface area contributed by atoms with Crippen LogP contribution < -0.4 is 5.32 Å². The number of nitrogens with zero attached hydrogens (tertiary/aromatic N) is 1. The Morgan fingerprint density at radius 1 is 1.37 bits per heavy atom. The van der Waals surface area contributed by atoms with Crippen molar-refractivity contribution in [3.8, 4) is 0 Å². The van der Waals surface area contributed by atoms with Crippen molar-refractivity contribution in [1.29, 1.82) is 0 Å². The summed E-state index contributed by atoms with van der Waals surface area (Å²) in [4.78, 5) is 13.5. The van der Waals surface area contributed by atoms with E-state index in [1.807, 2.05) is 13.0 Å². The number of piperidine rings is 3. The summed E-state index contributed by atoms with van der Waals surface area (Å²) in [5.41, 5.74) is 2.44. The van der Waals surface area contributed by atoms with E-state index >= 15 is 0 Å². The van der Waals surface area contributed by atoms with Crippen LogP contribution in [0.5, 0.6) is 0 Å². The highest BCUT2D eigenvalue weighted by Gasteiger charge is 2.34. The normalized spacial score (nSPS) is 29.2. The standard InChI is InChI=1S/C15H20N2O2/c1-10-2-3-12(15(18)19)8-13(10)16-14-9-17-6-4-11(14)5-7-17/h2-3,8,11,14,16H,4-7,9H2,1H3,(H,18,19). The molecule has 0 aliphatic carbocycles. The number of carboxylic acid groups (broad SMARTS) is 1. The fourth-order valence-electron chi connectivity index (χ4n) is 3.24. The molecule has 2 N–H and O–H groups in total. The lowest BCUT2D eigenvalue weighted by molar-refractivity contribution is 0.0697. The molecule has 0 spiro atoms. The van der Waals surface area contributed by atoms with Crippen molar-refractivity contribution in [3.05, 3.63) is 29.3 Å². The maximum Gasteiger partial charge on any atom is 0.335 e. The summed E-state index contributed by atoms with van der Waals surface area (Å²) in [5, 5.41) is 12.6. The number of hydrogen-bond acceptors (Lipinski definition) is 3. The number of hydrogen-bond donors (Lipinski definition) is 2. The first-order chi connectivity index (χ1) is 9.13. The van der Waals surface area contributed by atoms with Crippen molar-refractivity contribution in [2.24, 2.45) is 5.92 Å². The minimum absolute atomic E-state index is 0.356. The smallest absolute Gasteiger partial charge is 0.335 e. The Kier molecular flexibility index (Phi) is 3.19. The quantitative estimate of drug-likeness (QED) is 0.875. The Morgan fingerprint density at radius 3 is 2.68 bits per heavy atom. The second-order valence-electron chi connectivity index (χ2n) is 5.72. The van der Waals surface area contributed by atoms with Gasteiger partial charge in [0.25, 0.3) is 0 Å². The van der Waals surface area contributed by atoms with Gasteiger partial charge in [-0.05, 0) is 56.5 Å². The maximum absolute atomic E-state index is 11.0. The summed E-state index contributed by atoms with van der Waals surface area (Å²) in [6, 6.07) is 5.77. The molecule has 0 saturated carbocycles. The molecule has 4 nitrogen and oxygen atoms in total. The van der Waals surface area contributed by atoms with E-state index in [9.17, 15) is 4.79 Å². The van der Waals surface area contributed by atoms with Crippen molar-refractivity contribution < 1.29 is 9.90 Å². The number of carboxylic acids is 1. The van der Waals surface area contributed by atoms with E-state index in [0.717, 1.165) is 23.7 Å². The third-order valence-electron chi connectivity index (χ3n) is 4.48. The number of nitrogens with one attached hydrogen (secondary N) is 1. The number of carbonyl (C=O) groups is 1. The second-order valence-corrected chi connectivity index (χ2v) is 5.72. The summed E-state index contributed by atoms with van der Waals surface area (Å²) in [5.74, 6) is -0.130. The third kappa shape index (κ3) is 2.45. The van der Waals surface area contributed by atoms with Crippen molar-refractivity contribution >= 4 is 11.7 Å². The van der Waals surface area contributed by atoms with Gasteiger partial charge in [0.15, 0.2) is 0 Å². The zero-order valence-corrected chi connectivity index (χ0v) is 11.2. The fourth-order valence-corrected chi connectivity index (χ4v) is 3.24. The van der Waals surface area contributed by atoms with Crippen LogP contribution >= 0.6 is 0 Å². The van der Waals surface area contributed by atoms with Crippen LogP contribution in [0.2, 0.25) is 0 Å². The molecule has 4 rings (SSSR count). The first-order valence-corrected chi connectivity index (χ1v) is 6.96. The summed E-state index contributed by atoms with van der Waals surface area (Å²) < 4.78 is 0. The van der Waals surface area contributed by atoms with Gasteiger partial charge in [-0.3, -0.25) is 0 Å². The highest BCUT2D eigenvalue weighted by atomic mass is 16.4. The number of benzene rings is 1. The van der Waals surface area contributed by atoms with E-state index in [-0.39, 0.29) is 0 Å². The lowest BCUT2D eigenvalue weighted by atomic mass is 9.84. The second kappa shape index (κ2) is 4.85. The summed E-state index contributed by atoms with van der Waals surface area (Å²) in [7, 11) is 0. The zero-order chi connectivity index (χ0) is 13.4. The van der Waals surface area contributed by atoms with Crippen molar-refractivity contribution in [1.82, 2.24) is 4.90 Å². The molecule has 2 bridgehead atoms. The van der Waals surface area contributed by atoms with Crippen LogP contribution in [0.15, 0.2) is 18.2 Å². The SMILES string of the molecule is Cc1ccc(C(=O)O)cc1NC1CN2CCC1CC2. The number of fused-ring (bicyclic) bond motifs is 3. The monoisotopic (exact) mass is 260 g/mol. The minimum atomic E-state index is -0.864. The van der Waals surface area contributed by atoms with Gasteiger partial charge in [0.05, 0.1) is 5.56 Å². The van der Waals surface area contributed by atoms with Crippen molar-refractivity contribution in [3.63, 3.8) is 0 Å². The molecule has 1 unspecified atom stereocenters. The molecule has 3 aliphatic heterocycles. The van der Waals surface area contributed by atoms with Crippen molar-refractivity contribution in [2.75, 3.05) is 25.0 Å². The van der Waals surface area contributed by atoms with E-state index in [4.69, 9.17) is 5.11 Å². The van der Waals surface area contributed by atoms with Crippen LogP contribution in [0.3, 0.4) is 0 Å². The number of anilines is 1. The van der Waals surface area contributed by atoms with Gasteiger partial charge < -0.3 is 15.3 Å². The van der Waals surface area contributed by atoms with Crippen LogP contribution in [0.1, 0.15) is 28.8 Å². The number of aryl methyl sites for hydroxylation is 1.